The van der Waals surface area contributed by atoms with E-state index in [-0.39, 0.29) is 15.7 Å². The zero-order chi connectivity index (χ0) is 15.6. The third kappa shape index (κ3) is 3.44. The van der Waals surface area contributed by atoms with E-state index >= 15 is 0 Å². The fourth-order valence-corrected chi connectivity index (χ4v) is 2.37. The molecule has 4 N–H and O–H groups in total. The number of hydrogen-bond donors (Lipinski definition) is 3. The van der Waals surface area contributed by atoms with Crippen molar-refractivity contribution in [2.45, 2.75) is 6.92 Å². The Kier molecular flexibility index (Phi) is 4.67. The van der Waals surface area contributed by atoms with Crippen LogP contribution in [0.4, 0.5) is 15.8 Å². The van der Waals surface area contributed by atoms with Gasteiger partial charge in [0, 0.05) is 0 Å². The molecule has 0 fully saturated rings. The van der Waals surface area contributed by atoms with Gasteiger partial charge in [0.2, 0.25) is 0 Å². The van der Waals surface area contributed by atoms with Gasteiger partial charge in [-0.25, -0.2) is 4.39 Å². The summed E-state index contributed by atoms with van der Waals surface area (Å²) in [4.78, 5) is 12.3. The quantitative estimate of drug-likeness (QED) is 0.590. The summed E-state index contributed by atoms with van der Waals surface area (Å²) in [5, 5.41) is 2.59. The second-order valence-corrected chi connectivity index (χ2v) is 5.21. The monoisotopic (exact) mass is 327 g/mol. The van der Waals surface area contributed by atoms with Crippen LogP contribution in [0, 0.1) is 12.7 Å². The molecule has 0 saturated carbocycles. The van der Waals surface area contributed by atoms with Crippen LogP contribution in [0.5, 0.6) is 0 Å². The van der Waals surface area contributed by atoms with Crippen LogP contribution in [-0.2, 0) is 0 Å². The van der Waals surface area contributed by atoms with Crippen molar-refractivity contribution in [1.29, 1.82) is 0 Å². The van der Waals surface area contributed by atoms with Crippen LogP contribution < -0.4 is 16.6 Å². The second kappa shape index (κ2) is 6.30. The number of nitrogen functional groups attached to an aromatic ring is 1. The van der Waals surface area contributed by atoms with Crippen molar-refractivity contribution in [2.24, 2.45) is 5.84 Å². The molecule has 2 aromatic carbocycles. The van der Waals surface area contributed by atoms with Gasteiger partial charge < -0.3 is 10.7 Å². The van der Waals surface area contributed by atoms with Gasteiger partial charge in [0.25, 0.3) is 5.91 Å². The van der Waals surface area contributed by atoms with E-state index in [1.807, 2.05) is 13.0 Å². The Morgan fingerprint density at radius 1 is 1.19 bits per heavy atom. The lowest BCUT2D eigenvalue weighted by Gasteiger charge is -2.12. The molecule has 0 unspecified atom stereocenters. The van der Waals surface area contributed by atoms with Crippen LogP contribution in [0.3, 0.4) is 0 Å². The zero-order valence-corrected chi connectivity index (χ0v) is 12.5. The predicted molar refractivity (Wildman–Crippen MR) is 83.4 cm³/mol. The first-order valence-electron chi connectivity index (χ1n) is 5.95. The smallest absolute Gasteiger partial charge is 0.257 e. The molecule has 2 rings (SSSR count). The summed E-state index contributed by atoms with van der Waals surface area (Å²) in [6.45, 7) is 1.84. The van der Waals surface area contributed by atoms with Crippen LogP contribution in [-0.4, -0.2) is 5.91 Å². The molecule has 21 heavy (non-hydrogen) atoms. The minimum Gasteiger partial charge on any atom is -0.323 e. The Bertz CT molecular complexity index is 684. The van der Waals surface area contributed by atoms with E-state index in [1.165, 1.54) is 0 Å². The number of halogens is 3. The lowest BCUT2D eigenvalue weighted by Crippen LogP contribution is -2.18. The Labute approximate surface area is 131 Å². The molecule has 0 heterocycles. The molecule has 0 aliphatic rings. The maximum absolute atomic E-state index is 13.1. The fourth-order valence-electron chi connectivity index (χ4n) is 1.81. The van der Waals surface area contributed by atoms with E-state index in [2.05, 4.69) is 10.7 Å². The third-order valence-corrected chi connectivity index (χ3v) is 3.42. The molecule has 2 aromatic rings. The summed E-state index contributed by atoms with van der Waals surface area (Å²) in [6, 6.07) is 7.29. The van der Waals surface area contributed by atoms with E-state index in [1.54, 1.807) is 12.1 Å². The summed E-state index contributed by atoms with van der Waals surface area (Å²) < 4.78 is 13.1. The van der Waals surface area contributed by atoms with Crippen molar-refractivity contribution in [3.8, 4) is 0 Å². The summed E-state index contributed by atoms with van der Waals surface area (Å²) >= 11 is 11.8. The average molecular weight is 328 g/mol. The van der Waals surface area contributed by atoms with Gasteiger partial charge in [0.1, 0.15) is 5.82 Å². The summed E-state index contributed by atoms with van der Waals surface area (Å²) in [5.41, 5.74) is 4.25. The minimum atomic E-state index is -0.581. The topological polar surface area (TPSA) is 67.1 Å². The molecule has 0 aliphatic carbocycles. The molecular weight excluding hydrogens is 316 g/mol. The summed E-state index contributed by atoms with van der Waals surface area (Å²) in [7, 11) is 0. The highest BCUT2D eigenvalue weighted by molar-refractivity contribution is 6.40. The van der Waals surface area contributed by atoms with Crippen molar-refractivity contribution in [1.82, 2.24) is 0 Å². The normalized spacial score (nSPS) is 10.3. The van der Waals surface area contributed by atoms with Gasteiger partial charge in [-0.05, 0) is 31.2 Å². The van der Waals surface area contributed by atoms with Gasteiger partial charge in [-0.15, -0.1) is 0 Å². The highest BCUT2D eigenvalue weighted by Gasteiger charge is 2.16. The van der Waals surface area contributed by atoms with Crippen LogP contribution in [0.15, 0.2) is 30.3 Å². The Morgan fingerprint density at radius 2 is 1.81 bits per heavy atom. The number of hydrogen-bond acceptors (Lipinski definition) is 3. The highest BCUT2D eigenvalue weighted by atomic mass is 35.5. The SMILES string of the molecule is Cc1ccc(NN)c(C(=O)Nc2c(Cl)cc(F)cc2Cl)c1. The maximum Gasteiger partial charge on any atom is 0.257 e. The number of carbonyl (C=O) groups excluding carboxylic acids is 1. The van der Waals surface area contributed by atoms with Gasteiger partial charge in [0.15, 0.2) is 0 Å². The van der Waals surface area contributed by atoms with Crippen molar-refractivity contribution in [3.05, 3.63) is 57.3 Å². The second-order valence-electron chi connectivity index (χ2n) is 4.39. The lowest BCUT2D eigenvalue weighted by atomic mass is 10.1. The molecular formula is C14H12Cl2FN3O. The number of hydrazine groups is 1. The zero-order valence-electron chi connectivity index (χ0n) is 11.0. The number of nitrogens with two attached hydrogens (primary N) is 1. The molecule has 7 heteroatoms. The Hall–Kier alpha value is -1.82. The van der Waals surface area contributed by atoms with Gasteiger partial charge in [-0.2, -0.15) is 0 Å². The molecule has 1 amide bonds. The molecule has 4 nitrogen and oxygen atoms in total. The first-order chi connectivity index (χ1) is 9.92. The van der Waals surface area contributed by atoms with Crippen molar-refractivity contribution >= 4 is 40.5 Å². The van der Waals surface area contributed by atoms with Gasteiger partial charge in [-0.3, -0.25) is 10.6 Å². The van der Waals surface area contributed by atoms with Crippen LogP contribution in [0.2, 0.25) is 10.0 Å². The molecule has 0 bridgehead atoms. The van der Waals surface area contributed by atoms with Crippen molar-refractivity contribution < 1.29 is 9.18 Å². The molecule has 0 radical (unpaired) electrons. The molecule has 0 atom stereocenters. The van der Waals surface area contributed by atoms with E-state index < -0.39 is 11.7 Å². The van der Waals surface area contributed by atoms with Gasteiger partial charge >= 0.3 is 0 Å². The average Bonchev–Trinajstić information content (AvgIpc) is 2.42. The van der Waals surface area contributed by atoms with Gasteiger partial charge in [-0.1, -0.05) is 34.8 Å². The van der Waals surface area contributed by atoms with E-state index in [9.17, 15) is 9.18 Å². The first kappa shape index (κ1) is 15.6. The summed E-state index contributed by atoms with van der Waals surface area (Å²) in [6.07, 6.45) is 0. The molecule has 0 spiro atoms. The number of rotatable bonds is 3. The van der Waals surface area contributed by atoms with Crippen LogP contribution >= 0.6 is 23.2 Å². The minimum absolute atomic E-state index is 0.0169. The molecule has 0 aliphatic heterocycles. The van der Waals surface area contributed by atoms with E-state index in [4.69, 9.17) is 29.0 Å². The number of amides is 1. The standard InChI is InChI=1S/C14H12Cl2FN3O/c1-7-2-3-12(20-18)9(4-7)14(21)19-13-10(15)5-8(17)6-11(13)16/h2-6,20H,18H2,1H3,(H,19,21). The van der Waals surface area contributed by atoms with Crippen LogP contribution in [0.25, 0.3) is 0 Å². The Balaban J connectivity index is 2.37. The number of benzene rings is 2. The number of carbonyl (C=O) groups is 1. The summed E-state index contributed by atoms with van der Waals surface area (Å²) in [5.74, 6) is 4.34. The first-order valence-corrected chi connectivity index (χ1v) is 6.71. The van der Waals surface area contributed by atoms with E-state index in [0.717, 1.165) is 17.7 Å². The van der Waals surface area contributed by atoms with Crippen LogP contribution in [0.1, 0.15) is 15.9 Å². The van der Waals surface area contributed by atoms with Gasteiger partial charge in [0.05, 0.1) is 27.0 Å². The maximum atomic E-state index is 13.1. The lowest BCUT2D eigenvalue weighted by molar-refractivity contribution is 0.102. The third-order valence-electron chi connectivity index (χ3n) is 2.82. The highest BCUT2D eigenvalue weighted by Crippen LogP contribution is 2.32. The predicted octanol–water partition coefficient (Wildman–Crippen LogP) is 3.98. The number of aryl methyl sites for hydroxylation is 1. The fraction of sp³-hybridized carbons (Fsp3) is 0.0714. The van der Waals surface area contributed by atoms with E-state index in [0.29, 0.717) is 11.3 Å². The molecule has 0 saturated heterocycles. The largest absolute Gasteiger partial charge is 0.323 e. The van der Waals surface area contributed by atoms with Crippen molar-refractivity contribution in [3.63, 3.8) is 0 Å². The number of nitrogens with one attached hydrogen (secondary N) is 2. The number of anilines is 2. The molecule has 0 aromatic heterocycles. The Morgan fingerprint density at radius 3 is 2.38 bits per heavy atom. The van der Waals surface area contributed by atoms with Crippen molar-refractivity contribution in [2.75, 3.05) is 10.7 Å². The molecule has 110 valence electrons.